The summed E-state index contributed by atoms with van der Waals surface area (Å²) in [4.78, 5) is 13.6. The molecule has 3 rings (SSSR count). The summed E-state index contributed by atoms with van der Waals surface area (Å²) < 4.78 is 39.1. The summed E-state index contributed by atoms with van der Waals surface area (Å²) in [5.41, 5.74) is -0.903. The molecule has 1 N–H and O–H groups in total. The fourth-order valence-corrected chi connectivity index (χ4v) is 2.68. The Hall–Kier alpha value is -1.72. The van der Waals surface area contributed by atoms with Gasteiger partial charge >= 0.3 is 6.18 Å². The number of fused-ring (bicyclic) bond motifs is 1. The highest BCUT2D eigenvalue weighted by atomic mass is 19.4. The van der Waals surface area contributed by atoms with Crippen molar-refractivity contribution in [1.29, 1.82) is 0 Å². The van der Waals surface area contributed by atoms with E-state index in [1.807, 2.05) is 0 Å². The van der Waals surface area contributed by atoms with Gasteiger partial charge in [0, 0.05) is 13.6 Å². The van der Waals surface area contributed by atoms with Crippen LogP contribution in [0.4, 0.5) is 24.5 Å². The van der Waals surface area contributed by atoms with Crippen LogP contribution in [0.5, 0.6) is 0 Å². The van der Waals surface area contributed by atoms with Gasteiger partial charge in [0.2, 0.25) is 5.91 Å². The highest BCUT2D eigenvalue weighted by Crippen LogP contribution is 2.51. The molecule has 6 heteroatoms. The summed E-state index contributed by atoms with van der Waals surface area (Å²) in [5, 5.41) is 2.64. The summed E-state index contributed by atoms with van der Waals surface area (Å²) in [7, 11) is 1.61. The fraction of sp³-hybridized carbons (Fsp3) is 0.462. The van der Waals surface area contributed by atoms with Crippen molar-refractivity contribution in [3.63, 3.8) is 0 Å². The van der Waals surface area contributed by atoms with E-state index >= 15 is 0 Å². The minimum Gasteiger partial charge on any atom is -0.371 e. The summed E-state index contributed by atoms with van der Waals surface area (Å²) in [6.45, 7) is 0.332. The second kappa shape index (κ2) is 3.65. The van der Waals surface area contributed by atoms with Crippen LogP contribution in [0.25, 0.3) is 0 Å². The summed E-state index contributed by atoms with van der Waals surface area (Å²) in [6.07, 6.45) is -2.96. The van der Waals surface area contributed by atoms with E-state index in [0.717, 1.165) is 18.9 Å². The van der Waals surface area contributed by atoms with Crippen molar-refractivity contribution < 1.29 is 18.0 Å². The van der Waals surface area contributed by atoms with Crippen LogP contribution in [0.1, 0.15) is 18.4 Å². The maximum Gasteiger partial charge on any atom is 0.418 e. The minimum absolute atomic E-state index is 0.0622. The van der Waals surface area contributed by atoms with Gasteiger partial charge in [-0.1, -0.05) is 6.07 Å². The van der Waals surface area contributed by atoms with Crippen LogP contribution in [-0.4, -0.2) is 19.5 Å². The Balaban J connectivity index is 2.13. The molecule has 1 heterocycles. The van der Waals surface area contributed by atoms with Gasteiger partial charge in [-0.2, -0.15) is 13.2 Å². The zero-order valence-corrected chi connectivity index (χ0v) is 10.3. The van der Waals surface area contributed by atoms with Gasteiger partial charge in [0.1, 0.15) is 0 Å². The molecular formula is C13H13F3N2O. The molecule has 0 radical (unpaired) electrons. The largest absolute Gasteiger partial charge is 0.418 e. The maximum absolute atomic E-state index is 13.0. The number of halogens is 3. The number of alkyl halides is 3. The first kappa shape index (κ1) is 12.3. The zero-order valence-electron chi connectivity index (χ0n) is 10.3. The Bertz CT molecular complexity index is 549. The number of carbonyl (C=O) groups is 1. The average molecular weight is 270 g/mol. The molecule has 0 bridgehead atoms. The van der Waals surface area contributed by atoms with Crippen LogP contribution in [0, 0.1) is 5.41 Å². The third-order valence-corrected chi connectivity index (χ3v) is 3.85. The number of para-hydroxylation sites is 1. The van der Waals surface area contributed by atoms with Crippen LogP contribution in [0.15, 0.2) is 18.2 Å². The lowest BCUT2D eigenvalue weighted by Crippen LogP contribution is -2.32. The second-order valence-electron chi connectivity index (χ2n) is 5.29. The number of nitrogens with one attached hydrogen (secondary N) is 1. The molecule has 1 amide bonds. The summed E-state index contributed by atoms with van der Waals surface area (Å²) in [6, 6.07) is 3.88. The molecule has 1 aromatic rings. The lowest BCUT2D eigenvalue weighted by Gasteiger charge is -2.24. The average Bonchev–Trinajstić information content (AvgIpc) is 3.08. The Kier molecular flexibility index (Phi) is 2.37. The quantitative estimate of drug-likeness (QED) is 0.786. The van der Waals surface area contributed by atoms with Crippen LogP contribution in [0.2, 0.25) is 0 Å². The van der Waals surface area contributed by atoms with E-state index in [0.29, 0.717) is 6.54 Å². The van der Waals surface area contributed by atoms with Crippen molar-refractivity contribution in [2.45, 2.75) is 19.0 Å². The van der Waals surface area contributed by atoms with E-state index in [1.54, 1.807) is 11.9 Å². The molecule has 0 aromatic heterocycles. The Morgan fingerprint density at radius 3 is 2.58 bits per heavy atom. The number of anilines is 2. The topological polar surface area (TPSA) is 32.3 Å². The van der Waals surface area contributed by atoms with Crippen LogP contribution >= 0.6 is 0 Å². The highest BCUT2D eigenvalue weighted by molar-refractivity contribution is 6.02. The molecular weight excluding hydrogens is 257 g/mol. The molecule has 102 valence electrons. The summed E-state index contributed by atoms with van der Waals surface area (Å²) >= 11 is 0. The molecule has 1 fully saturated rings. The van der Waals surface area contributed by atoms with Gasteiger partial charge in [0.05, 0.1) is 22.4 Å². The molecule has 1 saturated carbocycles. The first-order valence-corrected chi connectivity index (χ1v) is 6.06. The first-order valence-electron chi connectivity index (χ1n) is 6.06. The molecule has 1 aliphatic heterocycles. The van der Waals surface area contributed by atoms with Gasteiger partial charge in [-0.15, -0.1) is 0 Å². The minimum atomic E-state index is -4.43. The predicted octanol–water partition coefficient (Wildman–Crippen LogP) is 2.87. The third kappa shape index (κ3) is 1.86. The number of rotatable bonds is 0. The van der Waals surface area contributed by atoms with Gasteiger partial charge in [-0.25, -0.2) is 0 Å². The zero-order chi connectivity index (χ0) is 13.8. The third-order valence-electron chi connectivity index (χ3n) is 3.85. The number of nitrogens with zero attached hydrogens (tertiary/aromatic N) is 1. The van der Waals surface area contributed by atoms with Crippen LogP contribution < -0.4 is 10.2 Å². The number of benzene rings is 1. The molecule has 1 aliphatic carbocycles. The smallest absolute Gasteiger partial charge is 0.371 e. The van der Waals surface area contributed by atoms with Crippen molar-refractivity contribution in [3.05, 3.63) is 23.8 Å². The first-order chi connectivity index (χ1) is 8.83. The van der Waals surface area contributed by atoms with Gasteiger partial charge in [-0.3, -0.25) is 4.79 Å². The molecule has 19 heavy (non-hydrogen) atoms. The van der Waals surface area contributed by atoms with E-state index in [1.165, 1.54) is 12.1 Å². The lowest BCUT2D eigenvalue weighted by atomic mass is 10.1. The number of hydrogen-bond acceptors (Lipinski definition) is 2. The Labute approximate surface area is 108 Å². The van der Waals surface area contributed by atoms with Gasteiger partial charge in [0.25, 0.3) is 0 Å². The Morgan fingerprint density at radius 2 is 2.00 bits per heavy atom. The number of carbonyl (C=O) groups excluding carboxylic acids is 1. The molecule has 3 nitrogen and oxygen atoms in total. The molecule has 1 spiro atoms. The van der Waals surface area contributed by atoms with Gasteiger partial charge < -0.3 is 10.2 Å². The van der Waals surface area contributed by atoms with Crippen molar-refractivity contribution in [2.24, 2.45) is 5.41 Å². The monoisotopic (exact) mass is 270 g/mol. The van der Waals surface area contributed by atoms with Crippen molar-refractivity contribution in [2.75, 3.05) is 23.8 Å². The molecule has 1 aromatic carbocycles. The van der Waals surface area contributed by atoms with Crippen molar-refractivity contribution >= 4 is 17.3 Å². The SMILES string of the molecule is CN1CC2(CC2)C(=O)Nc2cccc(C(F)(F)F)c21. The number of amides is 1. The highest BCUT2D eigenvalue weighted by Gasteiger charge is 2.52. The molecule has 0 saturated heterocycles. The van der Waals surface area contributed by atoms with E-state index in [-0.39, 0.29) is 17.3 Å². The van der Waals surface area contributed by atoms with E-state index < -0.39 is 17.2 Å². The molecule has 0 unspecified atom stereocenters. The van der Waals surface area contributed by atoms with E-state index in [9.17, 15) is 18.0 Å². The maximum atomic E-state index is 13.0. The van der Waals surface area contributed by atoms with Crippen molar-refractivity contribution in [3.8, 4) is 0 Å². The fourth-order valence-electron chi connectivity index (χ4n) is 2.68. The van der Waals surface area contributed by atoms with Crippen LogP contribution in [-0.2, 0) is 11.0 Å². The standard InChI is InChI=1S/C13H13F3N2O/c1-18-7-12(5-6-12)11(19)17-9-4-2-3-8(10(9)18)13(14,15)16/h2-4H,5-7H2,1H3,(H,17,19). The lowest BCUT2D eigenvalue weighted by molar-refractivity contribution is -0.137. The van der Waals surface area contributed by atoms with E-state index in [4.69, 9.17) is 0 Å². The summed E-state index contributed by atoms with van der Waals surface area (Å²) in [5.74, 6) is -0.169. The van der Waals surface area contributed by atoms with Gasteiger partial charge in [-0.05, 0) is 25.0 Å². The molecule has 0 atom stereocenters. The second-order valence-corrected chi connectivity index (χ2v) is 5.29. The molecule has 2 aliphatic rings. The van der Waals surface area contributed by atoms with Crippen LogP contribution in [0.3, 0.4) is 0 Å². The normalized spacial score (nSPS) is 20.8. The Morgan fingerprint density at radius 1 is 1.32 bits per heavy atom. The predicted molar refractivity (Wildman–Crippen MR) is 65.0 cm³/mol. The van der Waals surface area contributed by atoms with E-state index in [2.05, 4.69) is 5.32 Å². The number of hydrogen-bond donors (Lipinski definition) is 1. The van der Waals surface area contributed by atoms with Crippen molar-refractivity contribution in [1.82, 2.24) is 0 Å². The van der Waals surface area contributed by atoms with Gasteiger partial charge in [0.15, 0.2) is 0 Å².